The molecule has 1 saturated heterocycles. The second-order valence-electron chi connectivity index (χ2n) is 6.25. The molecule has 128 valence electrons. The van der Waals surface area contributed by atoms with Crippen molar-refractivity contribution >= 4 is 5.91 Å². The minimum absolute atomic E-state index is 0.0392. The number of ether oxygens (including phenoxy) is 1. The van der Waals surface area contributed by atoms with Gasteiger partial charge in [-0.25, -0.2) is 0 Å². The number of nitrogens with one attached hydrogen (secondary N) is 1. The molecule has 0 aliphatic carbocycles. The summed E-state index contributed by atoms with van der Waals surface area (Å²) in [4.78, 5) is 14.2. The first-order chi connectivity index (χ1) is 11.2. The van der Waals surface area contributed by atoms with E-state index in [4.69, 9.17) is 4.74 Å². The Morgan fingerprint density at radius 2 is 2.39 bits per heavy atom. The highest BCUT2D eigenvalue weighted by atomic mass is 16.5. The first-order valence-electron chi connectivity index (χ1n) is 8.50. The van der Waals surface area contributed by atoms with Crippen molar-refractivity contribution in [2.75, 3.05) is 26.2 Å². The molecule has 23 heavy (non-hydrogen) atoms. The zero-order chi connectivity index (χ0) is 16.2. The Bertz CT molecular complexity index is 552. The maximum Gasteiger partial charge on any atom is 0.234 e. The molecule has 0 saturated carbocycles. The van der Waals surface area contributed by atoms with Gasteiger partial charge in [-0.2, -0.15) is 5.10 Å². The second kappa shape index (κ2) is 7.42. The molecule has 2 aliphatic heterocycles. The van der Waals surface area contributed by atoms with Crippen LogP contribution in [0, 0.1) is 0 Å². The first-order valence-corrected chi connectivity index (χ1v) is 8.50. The molecule has 1 fully saturated rings. The zero-order valence-electron chi connectivity index (χ0n) is 13.8. The molecule has 7 heteroatoms. The van der Waals surface area contributed by atoms with Crippen LogP contribution >= 0.6 is 0 Å². The number of aliphatic hydroxyl groups excluding tert-OH is 1. The Hall–Kier alpha value is -1.44. The van der Waals surface area contributed by atoms with Crippen LogP contribution in [0.15, 0.2) is 0 Å². The number of carbonyl (C=O) groups excluding carboxylic acids is 1. The number of carbonyl (C=O) groups is 1. The summed E-state index contributed by atoms with van der Waals surface area (Å²) >= 11 is 0. The third kappa shape index (κ3) is 3.73. The standard InChI is InChI=1S/C16H26N4O3/c1-2-20-15-5-6-19(9-13(15)14(11-21)18-20)10-16(22)17-8-12-4-3-7-23-12/h12,21H,2-11H2,1H3,(H,17,22)/t12-/m0/s1. The predicted octanol–water partition coefficient (Wildman–Crippen LogP) is 0.0486. The Labute approximate surface area is 136 Å². The average Bonchev–Trinajstić information content (AvgIpc) is 3.20. The summed E-state index contributed by atoms with van der Waals surface area (Å²) in [7, 11) is 0. The van der Waals surface area contributed by atoms with Crippen LogP contribution in [0.5, 0.6) is 0 Å². The summed E-state index contributed by atoms with van der Waals surface area (Å²) in [5, 5.41) is 16.9. The van der Waals surface area contributed by atoms with Crippen molar-refractivity contribution < 1.29 is 14.6 Å². The van der Waals surface area contributed by atoms with Gasteiger partial charge in [-0.15, -0.1) is 0 Å². The van der Waals surface area contributed by atoms with E-state index < -0.39 is 0 Å². The molecule has 1 aromatic rings. The fourth-order valence-electron chi connectivity index (χ4n) is 3.43. The lowest BCUT2D eigenvalue weighted by Gasteiger charge is -2.27. The summed E-state index contributed by atoms with van der Waals surface area (Å²) in [5.41, 5.74) is 3.03. The van der Waals surface area contributed by atoms with Gasteiger partial charge in [-0.05, 0) is 19.8 Å². The molecule has 0 radical (unpaired) electrons. The van der Waals surface area contributed by atoms with Crippen molar-refractivity contribution in [1.82, 2.24) is 20.0 Å². The summed E-state index contributed by atoms with van der Waals surface area (Å²) in [6.45, 7) is 6.14. The van der Waals surface area contributed by atoms with Crippen molar-refractivity contribution in [2.24, 2.45) is 0 Å². The lowest BCUT2D eigenvalue weighted by molar-refractivity contribution is -0.123. The molecule has 3 heterocycles. The van der Waals surface area contributed by atoms with E-state index in [-0.39, 0.29) is 18.6 Å². The molecule has 1 aromatic heterocycles. The van der Waals surface area contributed by atoms with Crippen LogP contribution in [0.1, 0.15) is 36.7 Å². The average molecular weight is 322 g/mol. The number of aromatic nitrogens is 2. The van der Waals surface area contributed by atoms with Gasteiger partial charge >= 0.3 is 0 Å². The van der Waals surface area contributed by atoms with Crippen LogP contribution in [0.3, 0.4) is 0 Å². The van der Waals surface area contributed by atoms with E-state index in [2.05, 4.69) is 22.2 Å². The number of nitrogens with zero attached hydrogens (tertiary/aromatic N) is 3. The van der Waals surface area contributed by atoms with E-state index in [1.807, 2.05) is 4.68 Å². The summed E-state index contributed by atoms with van der Waals surface area (Å²) in [6.07, 6.45) is 3.16. The number of fused-ring (bicyclic) bond motifs is 1. The van der Waals surface area contributed by atoms with Crippen molar-refractivity contribution in [3.63, 3.8) is 0 Å². The predicted molar refractivity (Wildman–Crippen MR) is 84.8 cm³/mol. The van der Waals surface area contributed by atoms with Gasteiger partial charge in [-0.3, -0.25) is 14.4 Å². The summed E-state index contributed by atoms with van der Waals surface area (Å²) in [6, 6.07) is 0. The van der Waals surface area contributed by atoms with Crippen molar-refractivity contribution in [2.45, 2.75) is 52.0 Å². The Kier molecular flexibility index (Phi) is 5.30. The van der Waals surface area contributed by atoms with Gasteiger partial charge in [0.25, 0.3) is 0 Å². The van der Waals surface area contributed by atoms with E-state index >= 15 is 0 Å². The molecule has 7 nitrogen and oxygen atoms in total. The normalized spacial score (nSPS) is 21.4. The molecule has 0 bridgehead atoms. The molecule has 2 aliphatic rings. The van der Waals surface area contributed by atoms with Crippen LogP contribution in [0.25, 0.3) is 0 Å². The Balaban J connectivity index is 1.54. The van der Waals surface area contributed by atoms with Gasteiger partial charge in [0.05, 0.1) is 24.9 Å². The van der Waals surface area contributed by atoms with Gasteiger partial charge in [0.15, 0.2) is 0 Å². The largest absolute Gasteiger partial charge is 0.390 e. The van der Waals surface area contributed by atoms with Gasteiger partial charge < -0.3 is 15.2 Å². The minimum atomic E-state index is -0.0472. The smallest absolute Gasteiger partial charge is 0.234 e. The molecule has 1 amide bonds. The van der Waals surface area contributed by atoms with Crippen LogP contribution in [0.4, 0.5) is 0 Å². The number of hydrogen-bond donors (Lipinski definition) is 2. The zero-order valence-corrected chi connectivity index (χ0v) is 13.8. The fraction of sp³-hybridized carbons (Fsp3) is 0.750. The first kappa shape index (κ1) is 16.4. The SMILES string of the molecule is CCn1nc(CO)c2c1CCN(CC(=O)NC[C@@H]1CCCO1)C2. The molecule has 1 atom stereocenters. The van der Waals surface area contributed by atoms with Crippen LogP contribution in [-0.2, 0) is 35.6 Å². The van der Waals surface area contributed by atoms with E-state index in [9.17, 15) is 9.90 Å². The van der Waals surface area contributed by atoms with E-state index in [0.717, 1.165) is 50.2 Å². The molecule has 0 spiro atoms. The monoisotopic (exact) mass is 322 g/mol. The third-order valence-corrected chi connectivity index (χ3v) is 4.66. The molecule has 0 unspecified atom stereocenters. The molecular formula is C16H26N4O3. The van der Waals surface area contributed by atoms with E-state index in [1.165, 1.54) is 5.69 Å². The lowest BCUT2D eigenvalue weighted by Crippen LogP contribution is -2.42. The topological polar surface area (TPSA) is 79.6 Å². The number of amides is 1. The van der Waals surface area contributed by atoms with Crippen LogP contribution < -0.4 is 5.32 Å². The maximum atomic E-state index is 12.1. The third-order valence-electron chi connectivity index (χ3n) is 4.66. The van der Waals surface area contributed by atoms with Crippen molar-refractivity contribution in [3.8, 4) is 0 Å². The van der Waals surface area contributed by atoms with Gasteiger partial charge in [-0.1, -0.05) is 0 Å². The summed E-state index contributed by atoms with van der Waals surface area (Å²) < 4.78 is 7.49. The summed E-state index contributed by atoms with van der Waals surface area (Å²) in [5.74, 6) is 0.0392. The maximum absolute atomic E-state index is 12.1. The van der Waals surface area contributed by atoms with Gasteiger partial charge in [0.1, 0.15) is 0 Å². The highest BCUT2D eigenvalue weighted by Crippen LogP contribution is 2.22. The number of aliphatic hydroxyl groups is 1. The Morgan fingerprint density at radius 1 is 1.52 bits per heavy atom. The highest BCUT2D eigenvalue weighted by molar-refractivity contribution is 5.78. The number of aryl methyl sites for hydroxylation is 1. The highest BCUT2D eigenvalue weighted by Gasteiger charge is 2.25. The second-order valence-corrected chi connectivity index (χ2v) is 6.25. The van der Waals surface area contributed by atoms with Crippen molar-refractivity contribution in [3.05, 3.63) is 17.0 Å². The molecule has 2 N–H and O–H groups in total. The number of hydrogen-bond acceptors (Lipinski definition) is 5. The van der Waals surface area contributed by atoms with E-state index in [1.54, 1.807) is 0 Å². The Morgan fingerprint density at radius 3 is 3.09 bits per heavy atom. The van der Waals surface area contributed by atoms with E-state index in [0.29, 0.717) is 19.6 Å². The lowest BCUT2D eigenvalue weighted by atomic mass is 10.1. The molecule has 0 aromatic carbocycles. The fourth-order valence-corrected chi connectivity index (χ4v) is 3.43. The van der Waals surface area contributed by atoms with Crippen LogP contribution in [-0.4, -0.2) is 58.0 Å². The number of rotatable bonds is 6. The van der Waals surface area contributed by atoms with Gasteiger partial charge in [0, 0.05) is 50.5 Å². The molecular weight excluding hydrogens is 296 g/mol. The van der Waals surface area contributed by atoms with Gasteiger partial charge in [0.2, 0.25) is 5.91 Å². The van der Waals surface area contributed by atoms with Crippen molar-refractivity contribution in [1.29, 1.82) is 0 Å². The molecule has 3 rings (SSSR count). The van der Waals surface area contributed by atoms with Crippen LogP contribution in [0.2, 0.25) is 0 Å². The minimum Gasteiger partial charge on any atom is -0.390 e. The quantitative estimate of drug-likeness (QED) is 0.773.